The van der Waals surface area contributed by atoms with Crippen LogP contribution in [0.15, 0.2) is 48.9 Å². The number of hydrogen-bond acceptors (Lipinski definition) is 6. The second-order valence-electron chi connectivity index (χ2n) is 8.66. The van der Waals surface area contributed by atoms with Gasteiger partial charge >= 0.3 is 0 Å². The zero-order chi connectivity index (χ0) is 20.9. The monoisotopic (exact) mass is 439 g/mol. The molecule has 0 saturated carbocycles. The fourth-order valence-corrected chi connectivity index (χ4v) is 4.32. The lowest BCUT2D eigenvalue weighted by Gasteiger charge is -2.44. The summed E-state index contributed by atoms with van der Waals surface area (Å²) >= 11 is 0. The molecular formula is C22H26ClN7O. The first-order chi connectivity index (χ1) is 14.4. The lowest BCUT2D eigenvalue weighted by atomic mass is 9.87. The zero-order valence-corrected chi connectivity index (χ0v) is 18.6. The molecule has 1 fully saturated rings. The van der Waals surface area contributed by atoms with Crippen molar-refractivity contribution >= 4 is 23.4 Å². The first kappa shape index (κ1) is 21.3. The number of likely N-dealkylation sites (tertiary alicyclic amines) is 1. The molecular weight excluding hydrogens is 414 g/mol. The Labute approximate surface area is 186 Å². The van der Waals surface area contributed by atoms with E-state index < -0.39 is 0 Å². The molecule has 0 spiro atoms. The minimum atomic E-state index is 0. The molecule has 8 nitrogen and oxygen atoms in total. The zero-order valence-electron chi connectivity index (χ0n) is 17.8. The van der Waals surface area contributed by atoms with Crippen LogP contribution in [0.4, 0.5) is 0 Å². The van der Waals surface area contributed by atoms with Crippen molar-refractivity contribution in [2.75, 3.05) is 13.6 Å². The van der Waals surface area contributed by atoms with Gasteiger partial charge in [0.1, 0.15) is 5.75 Å². The standard InChI is InChI=1S/C22H25N7O.ClH/c1-22(2)14-17(7-9-27(22)3)28-10-6-15-12-19(24-25-21(15)28)18-5-4-16(13-20(18)30)29-11-8-23-26-29;/h4-6,8,10-13,17,30H,7,9,14H2,1-3H3;1H/t17-;/m1./s1. The van der Waals surface area contributed by atoms with Crippen LogP contribution in [-0.2, 0) is 0 Å². The van der Waals surface area contributed by atoms with Crippen molar-refractivity contribution in [2.45, 2.75) is 38.3 Å². The summed E-state index contributed by atoms with van der Waals surface area (Å²) < 4.78 is 3.86. The molecule has 3 aromatic heterocycles. The molecule has 31 heavy (non-hydrogen) atoms. The molecule has 1 aromatic carbocycles. The average Bonchev–Trinajstić information content (AvgIpc) is 3.39. The van der Waals surface area contributed by atoms with E-state index in [1.165, 1.54) is 0 Å². The summed E-state index contributed by atoms with van der Waals surface area (Å²) in [6.07, 6.45) is 7.61. The van der Waals surface area contributed by atoms with Gasteiger partial charge in [-0.1, -0.05) is 5.21 Å². The van der Waals surface area contributed by atoms with Crippen LogP contribution in [0.25, 0.3) is 28.0 Å². The largest absolute Gasteiger partial charge is 0.507 e. The number of hydrogen-bond donors (Lipinski definition) is 1. The highest BCUT2D eigenvalue weighted by molar-refractivity contribution is 5.85. The number of benzene rings is 1. The van der Waals surface area contributed by atoms with Gasteiger partial charge in [-0.25, -0.2) is 4.68 Å². The minimum Gasteiger partial charge on any atom is -0.507 e. The van der Waals surface area contributed by atoms with Crippen molar-refractivity contribution in [1.82, 2.24) is 34.7 Å². The van der Waals surface area contributed by atoms with E-state index in [9.17, 15) is 5.11 Å². The van der Waals surface area contributed by atoms with E-state index in [-0.39, 0.29) is 23.7 Å². The number of phenols is 1. The van der Waals surface area contributed by atoms with Crippen molar-refractivity contribution in [3.63, 3.8) is 0 Å². The second-order valence-corrected chi connectivity index (χ2v) is 8.66. The summed E-state index contributed by atoms with van der Waals surface area (Å²) in [6, 6.07) is 9.84. The molecule has 4 aromatic rings. The molecule has 1 atom stereocenters. The van der Waals surface area contributed by atoms with Crippen LogP contribution in [0, 0.1) is 0 Å². The smallest absolute Gasteiger partial charge is 0.162 e. The van der Waals surface area contributed by atoms with Crippen LogP contribution >= 0.6 is 12.4 Å². The Kier molecular flexibility index (Phi) is 5.45. The summed E-state index contributed by atoms with van der Waals surface area (Å²) in [4.78, 5) is 2.42. The van der Waals surface area contributed by atoms with Crippen molar-refractivity contribution in [3.05, 3.63) is 48.9 Å². The van der Waals surface area contributed by atoms with E-state index in [1.54, 1.807) is 23.1 Å². The maximum Gasteiger partial charge on any atom is 0.162 e. The van der Waals surface area contributed by atoms with Gasteiger partial charge in [0.15, 0.2) is 5.65 Å². The Balaban J connectivity index is 0.00000231. The van der Waals surface area contributed by atoms with Gasteiger partial charge in [-0.3, -0.25) is 0 Å². The highest BCUT2D eigenvalue weighted by Crippen LogP contribution is 2.36. The first-order valence-electron chi connectivity index (χ1n) is 10.2. The summed E-state index contributed by atoms with van der Waals surface area (Å²) in [6.45, 7) is 5.65. The summed E-state index contributed by atoms with van der Waals surface area (Å²) in [5, 5.41) is 28.3. The number of nitrogens with zero attached hydrogens (tertiary/aromatic N) is 7. The third kappa shape index (κ3) is 3.77. The molecule has 1 N–H and O–H groups in total. The molecule has 9 heteroatoms. The van der Waals surface area contributed by atoms with Gasteiger partial charge in [0.25, 0.3) is 0 Å². The summed E-state index contributed by atoms with van der Waals surface area (Å²) in [5.41, 5.74) is 3.07. The highest BCUT2D eigenvalue weighted by Gasteiger charge is 2.33. The molecule has 1 aliphatic rings. The molecule has 1 saturated heterocycles. The van der Waals surface area contributed by atoms with E-state index >= 15 is 0 Å². The SMILES string of the molecule is CN1CC[C@@H](n2ccc3cc(-c4ccc(-n5ccnn5)cc4O)nnc32)CC1(C)C.Cl. The van der Waals surface area contributed by atoms with E-state index in [1.807, 2.05) is 18.2 Å². The summed E-state index contributed by atoms with van der Waals surface area (Å²) in [5.74, 6) is 0.133. The maximum atomic E-state index is 10.6. The summed E-state index contributed by atoms with van der Waals surface area (Å²) in [7, 11) is 2.19. The second kappa shape index (κ2) is 7.94. The van der Waals surface area contributed by atoms with Gasteiger partial charge in [-0.15, -0.1) is 27.7 Å². The molecule has 0 radical (unpaired) electrons. The van der Waals surface area contributed by atoms with Gasteiger partial charge < -0.3 is 14.6 Å². The molecule has 5 rings (SSSR count). The molecule has 0 bridgehead atoms. The Morgan fingerprint density at radius 2 is 1.94 bits per heavy atom. The normalized spacial score (nSPS) is 18.7. The molecule has 0 amide bonds. The van der Waals surface area contributed by atoms with Crippen LogP contribution in [0.2, 0.25) is 0 Å². The van der Waals surface area contributed by atoms with E-state index in [4.69, 9.17) is 0 Å². The van der Waals surface area contributed by atoms with Crippen molar-refractivity contribution < 1.29 is 5.11 Å². The quantitative estimate of drug-likeness (QED) is 0.522. The van der Waals surface area contributed by atoms with Gasteiger partial charge in [-0.05, 0) is 58.0 Å². The number of halogens is 1. The van der Waals surface area contributed by atoms with Crippen molar-refractivity contribution in [1.29, 1.82) is 0 Å². The Morgan fingerprint density at radius 3 is 2.65 bits per heavy atom. The lowest BCUT2D eigenvalue weighted by molar-refractivity contribution is 0.0769. The van der Waals surface area contributed by atoms with E-state index in [2.05, 4.69) is 63.1 Å². The van der Waals surface area contributed by atoms with Crippen LogP contribution in [0.3, 0.4) is 0 Å². The van der Waals surface area contributed by atoms with Crippen LogP contribution in [0.1, 0.15) is 32.7 Å². The van der Waals surface area contributed by atoms with Gasteiger partial charge in [0.05, 0.1) is 23.8 Å². The number of fused-ring (bicyclic) bond motifs is 1. The van der Waals surface area contributed by atoms with Crippen LogP contribution in [0.5, 0.6) is 5.75 Å². The predicted molar refractivity (Wildman–Crippen MR) is 122 cm³/mol. The highest BCUT2D eigenvalue weighted by atomic mass is 35.5. The molecule has 1 aliphatic heterocycles. The van der Waals surface area contributed by atoms with Crippen LogP contribution < -0.4 is 0 Å². The fourth-order valence-electron chi connectivity index (χ4n) is 4.32. The van der Waals surface area contributed by atoms with Crippen LogP contribution in [-0.4, -0.2) is 58.9 Å². The third-order valence-electron chi connectivity index (χ3n) is 6.37. The first-order valence-corrected chi connectivity index (χ1v) is 10.2. The van der Waals surface area contributed by atoms with Gasteiger partial charge in [0, 0.05) is 41.3 Å². The maximum absolute atomic E-state index is 10.6. The number of phenolic OH excluding ortho intramolecular Hbond substituents is 1. The number of aromatic nitrogens is 6. The Morgan fingerprint density at radius 1 is 1.10 bits per heavy atom. The van der Waals surface area contributed by atoms with E-state index in [0.29, 0.717) is 17.3 Å². The van der Waals surface area contributed by atoms with Gasteiger partial charge in [-0.2, -0.15) is 0 Å². The lowest BCUT2D eigenvalue weighted by Crippen LogP contribution is -2.47. The predicted octanol–water partition coefficient (Wildman–Crippen LogP) is 3.85. The Bertz CT molecular complexity index is 1200. The topological polar surface area (TPSA) is 84.9 Å². The molecule has 162 valence electrons. The van der Waals surface area contributed by atoms with Crippen molar-refractivity contribution in [3.8, 4) is 22.7 Å². The molecule has 0 aliphatic carbocycles. The number of aromatic hydroxyl groups is 1. The fraction of sp³-hybridized carbons (Fsp3) is 0.364. The minimum absolute atomic E-state index is 0. The Hall–Kier alpha value is -2.97. The number of piperidine rings is 1. The number of rotatable bonds is 3. The third-order valence-corrected chi connectivity index (χ3v) is 6.37. The van der Waals surface area contributed by atoms with E-state index in [0.717, 1.165) is 36.1 Å². The van der Waals surface area contributed by atoms with Gasteiger partial charge in [0.2, 0.25) is 0 Å². The average molecular weight is 440 g/mol. The van der Waals surface area contributed by atoms with Crippen molar-refractivity contribution in [2.24, 2.45) is 0 Å². The molecule has 0 unspecified atom stereocenters. The molecule has 4 heterocycles.